The number of aliphatic hydroxyl groups is 30. The summed E-state index contributed by atoms with van der Waals surface area (Å²) in [6, 6.07) is -10.2. The quantitative estimate of drug-likeness (QED) is 0.0272. The van der Waals surface area contributed by atoms with Crippen molar-refractivity contribution in [2.24, 2.45) is 0 Å². The number of amides is 5. The zero-order chi connectivity index (χ0) is 101. The van der Waals surface area contributed by atoms with E-state index < -0.39 is 433 Å². The molecular formula is C76H129N5O55. The highest BCUT2D eigenvalue weighted by Gasteiger charge is 2.63. The molecule has 136 heavy (non-hydrogen) atoms. The van der Waals surface area contributed by atoms with Crippen LogP contribution in [-0.4, -0.2) is 587 Å². The SMILES string of the molecule is CC(=O)N[C@H]1[C@H](O[C@@H]([C@H](O)[C@H](CO)NC(C)=O)[C@H](O)CO[C@@H]2O[C@@H](C)[C@@H](O)[C@@H](O)[C@@H]2O)O[C@H](CO)[C@@H](O[C@@H]2O[C@H](CO[C@H]3O[C@H](CO)[C@@H](O)[C@H](O)[C@@H]3O[C@@H]3O[C@H](CO)[C@@H](O[C@@H]4O[C@H](CO)[C@H](O)[C@H](O)[C@H]4O)[C@H](O)[C@H]3NC(C)=O)[C@@H](O[C@@H]3O[C@H](CO)[C@@H](O)[C@H](O)[C@H]3NC(C)=O)[C@H](O[C@H]3O[C@H](CO)[C@@H](O)[C@H](O)[C@@H]3O[C@@H]3O[C@H](CO)[C@@H](O[C@@H]4O[C@H](CO)[C@H](O)[C@H](O)[C@H]4O)[C@H](O)[C@H]3NC(C)=O)[C@@H]2O)[C@@H]1O. The summed E-state index contributed by atoms with van der Waals surface area (Å²) < 4.78 is 121. The molecule has 0 unspecified atom stereocenters. The van der Waals surface area contributed by atoms with E-state index in [2.05, 4.69) is 26.6 Å². The largest absolute Gasteiger partial charge is 0.394 e. The van der Waals surface area contributed by atoms with Crippen LogP contribution in [0.4, 0.5) is 0 Å². The van der Waals surface area contributed by atoms with Crippen LogP contribution in [-0.2, 0) is 119 Å². The maximum atomic E-state index is 13.5. The van der Waals surface area contributed by atoms with Gasteiger partial charge in [-0.2, -0.15) is 0 Å². The lowest BCUT2D eigenvalue weighted by molar-refractivity contribution is -0.408. The lowest BCUT2D eigenvalue weighted by Gasteiger charge is -2.52. The Kier molecular flexibility index (Phi) is 41.9. The van der Waals surface area contributed by atoms with Gasteiger partial charge in [-0.25, -0.2) is 0 Å². The molecular weight excluding hydrogens is 1860 g/mol. The third-order valence-electron chi connectivity index (χ3n) is 24.6. The van der Waals surface area contributed by atoms with E-state index in [-0.39, 0.29) is 0 Å². The summed E-state index contributed by atoms with van der Waals surface area (Å²) in [6.07, 6.45) is -108. The van der Waals surface area contributed by atoms with E-state index in [0.29, 0.717) is 0 Å². The third-order valence-corrected chi connectivity index (χ3v) is 24.6. The third kappa shape index (κ3) is 25.8. The van der Waals surface area contributed by atoms with Gasteiger partial charge in [0.15, 0.2) is 62.9 Å². The predicted molar refractivity (Wildman–Crippen MR) is 421 cm³/mol. The molecule has 0 aromatic rings. The van der Waals surface area contributed by atoms with Crippen LogP contribution < -0.4 is 26.6 Å². The molecule has 10 rings (SSSR count). The fourth-order valence-electron chi connectivity index (χ4n) is 17.3. The van der Waals surface area contributed by atoms with Gasteiger partial charge < -0.3 is 275 Å². The smallest absolute Gasteiger partial charge is 0.217 e. The van der Waals surface area contributed by atoms with Gasteiger partial charge in [0.1, 0.15) is 256 Å². The summed E-state index contributed by atoms with van der Waals surface area (Å²) in [5, 5.41) is 350. The number of hydrogen-bond acceptors (Lipinski definition) is 55. The first-order valence-corrected chi connectivity index (χ1v) is 43.4. The van der Waals surface area contributed by atoms with Gasteiger partial charge in [-0.05, 0) is 6.92 Å². The van der Waals surface area contributed by atoms with Crippen molar-refractivity contribution < 1.29 is 272 Å². The second-order valence-corrected chi connectivity index (χ2v) is 34.3. The monoisotopic (exact) mass is 1990 g/mol. The van der Waals surface area contributed by atoms with Crippen molar-refractivity contribution in [2.45, 2.75) is 373 Å². The molecule has 60 heteroatoms. The molecule has 0 aliphatic carbocycles. The van der Waals surface area contributed by atoms with Gasteiger partial charge in [-0.15, -0.1) is 0 Å². The molecule has 5 amide bonds. The van der Waals surface area contributed by atoms with Crippen molar-refractivity contribution in [2.75, 3.05) is 72.7 Å². The van der Waals surface area contributed by atoms with E-state index in [4.69, 9.17) is 94.7 Å². The highest BCUT2D eigenvalue weighted by atomic mass is 16.8. The van der Waals surface area contributed by atoms with Crippen molar-refractivity contribution >= 4 is 29.5 Å². The Morgan fingerprint density at radius 2 is 0.574 bits per heavy atom. The molecule has 0 saturated carbocycles. The average molecular weight is 1990 g/mol. The zero-order valence-electron chi connectivity index (χ0n) is 73.6. The number of hydrogen-bond donors (Lipinski definition) is 35. The number of rotatable bonds is 39. The van der Waals surface area contributed by atoms with E-state index in [9.17, 15) is 177 Å². The molecule has 54 atom stereocenters. The van der Waals surface area contributed by atoms with E-state index in [1.807, 2.05) is 0 Å². The topological polar surface area (TPSA) is 937 Å². The number of aliphatic hydroxyl groups excluding tert-OH is 30. The first-order chi connectivity index (χ1) is 64.3. The van der Waals surface area contributed by atoms with E-state index in [1.54, 1.807) is 0 Å². The minimum atomic E-state index is -2.85. The Labute approximate surface area is 771 Å². The molecule has 60 nitrogen and oxygen atoms in total. The van der Waals surface area contributed by atoms with Crippen LogP contribution in [0.2, 0.25) is 0 Å². The highest BCUT2D eigenvalue weighted by Crippen LogP contribution is 2.42. The number of ether oxygens (including phenoxy) is 20. The van der Waals surface area contributed by atoms with E-state index >= 15 is 0 Å². The maximum absolute atomic E-state index is 13.5. The second-order valence-electron chi connectivity index (χ2n) is 34.3. The number of nitrogens with one attached hydrogen (secondary N) is 5. The minimum absolute atomic E-state index is 0.853. The number of carbonyl (C=O) groups is 5. The summed E-state index contributed by atoms with van der Waals surface area (Å²) in [6.45, 7) is -7.55. The van der Waals surface area contributed by atoms with Crippen LogP contribution in [0.5, 0.6) is 0 Å². The Morgan fingerprint density at radius 1 is 0.272 bits per heavy atom. The molecule has 10 aliphatic heterocycles. The summed E-state index contributed by atoms with van der Waals surface area (Å²) in [4.78, 5) is 65.6. The molecule has 35 N–H and O–H groups in total. The minimum Gasteiger partial charge on any atom is -0.394 e. The van der Waals surface area contributed by atoms with Gasteiger partial charge in [0.05, 0.1) is 84.8 Å². The van der Waals surface area contributed by atoms with E-state index in [1.165, 1.54) is 6.92 Å². The molecule has 0 aromatic carbocycles. The molecule has 0 radical (unpaired) electrons. The molecule has 10 fully saturated rings. The first kappa shape index (κ1) is 113. The summed E-state index contributed by atoms with van der Waals surface area (Å²) in [5.41, 5.74) is 0. The maximum Gasteiger partial charge on any atom is 0.217 e. The fraction of sp³-hybridized carbons (Fsp3) is 0.934. The Morgan fingerprint density at radius 3 is 0.971 bits per heavy atom. The van der Waals surface area contributed by atoms with Crippen molar-refractivity contribution in [3.8, 4) is 0 Å². The summed E-state index contributed by atoms with van der Waals surface area (Å²) in [5.74, 6) is -5.08. The van der Waals surface area contributed by atoms with Gasteiger partial charge in [0.25, 0.3) is 0 Å². The molecule has 10 aliphatic rings. The lowest BCUT2D eigenvalue weighted by atomic mass is 9.93. The molecule has 0 bridgehead atoms. The van der Waals surface area contributed by atoms with Crippen LogP contribution in [0.3, 0.4) is 0 Å². The van der Waals surface area contributed by atoms with Crippen LogP contribution in [0.25, 0.3) is 0 Å². The van der Waals surface area contributed by atoms with Crippen molar-refractivity contribution in [3.05, 3.63) is 0 Å². The van der Waals surface area contributed by atoms with Crippen molar-refractivity contribution in [3.63, 3.8) is 0 Å². The number of carbonyl (C=O) groups excluding carboxylic acids is 5. The van der Waals surface area contributed by atoms with E-state index in [0.717, 1.165) is 34.6 Å². The fourth-order valence-corrected chi connectivity index (χ4v) is 17.3. The lowest BCUT2D eigenvalue weighted by Crippen LogP contribution is -2.71. The summed E-state index contributed by atoms with van der Waals surface area (Å²) >= 11 is 0. The van der Waals surface area contributed by atoms with Crippen molar-refractivity contribution in [1.82, 2.24) is 26.6 Å². The average Bonchev–Trinajstić information content (AvgIpc) is 0.625. The molecule has 10 heterocycles. The molecule has 10 saturated heterocycles. The Balaban J connectivity index is 1.09. The second kappa shape index (κ2) is 50.2. The Bertz CT molecular complexity index is 3710. The normalized spacial score (nSPS) is 46.7. The van der Waals surface area contributed by atoms with Crippen LogP contribution in [0, 0.1) is 0 Å². The molecule has 0 spiro atoms. The zero-order valence-corrected chi connectivity index (χ0v) is 73.6. The summed E-state index contributed by atoms with van der Waals surface area (Å²) in [7, 11) is 0. The van der Waals surface area contributed by atoms with Crippen LogP contribution in [0.15, 0.2) is 0 Å². The Hall–Kier alpha value is -4.65. The first-order valence-electron chi connectivity index (χ1n) is 43.4. The van der Waals surface area contributed by atoms with Gasteiger partial charge in [0.2, 0.25) is 29.5 Å². The molecule has 788 valence electrons. The van der Waals surface area contributed by atoms with Crippen LogP contribution >= 0.6 is 0 Å². The van der Waals surface area contributed by atoms with Crippen molar-refractivity contribution in [1.29, 1.82) is 0 Å². The molecule has 0 aromatic heterocycles. The van der Waals surface area contributed by atoms with Gasteiger partial charge in [0, 0.05) is 34.6 Å². The van der Waals surface area contributed by atoms with Gasteiger partial charge in [-0.3, -0.25) is 24.0 Å². The standard InChI is InChI=1S/C76H129N5O55/c1-18-39(97)50(108)55(113)71(119-18)117-16-25(96)59(40(98)24(7-82)77-19(2)91)129-68-36(79-21(4)93)47(105)62(33(15-90)125-68)132-74-58(116)64(134-76-66(54(112)45(103)30(12-87)124-76)136-70-38(81-23(6)95)49(107)61(32(14-89)127-70)131-73-57(115)52(110)43(101)28(10-85)122-73)63(133-67-35(78-20(3)92)46(104)41(99)26(8-83)120-67)34(128-74)17-118-75-65(53(111)44(102)29(11-86)123-75)135-69-37(80-22(5)94)48(106)60(31(13-88)126-69)130-72-56(114)51(109)42(100)27(9-84)121-72/h18,24-76,82-90,96-116H,7-17H2,1-6H3,(H,77,91)(H,78,92)(H,79,93)(H,80,94)(H,81,95)/t18-,24-,25+,26+,27+,28+,29+,30+,31+,32+,33+,34+,35+,36+,37+,38+,39+,40+,41+,42-,43-,44+,45+,46+,47+,48+,49+,50+,51-,52-,53-,54-,55-,56+,57+,58-,59+,60+,61+,62+,63+,64+,65-,66-,67-,68-,69-,70-,71+,72-,73-,74-,75-,76+/m0/s1. The van der Waals surface area contributed by atoms with Gasteiger partial charge in [-0.1, -0.05) is 0 Å². The van der Waals surface area contributed by atoms with Gasteiger partial charge >= 0.3 is 0 Å². The van der Waals surface area contributed by atoms with Crippen LogP contribution in [0.1, 0.15) is 41.5 Å². The highest BCUT2D eigenvalue weighted by molar-refractivity contribution is 5.75. The predicted octanol–water partition coefficient (Wildman–Crippen LogP) is -23.6.